The average molecular weight is 531 g/mol. The van der Waals surface area contributed by atoms with Gasteiger partial charge in [0, 0.05) is 53.8 Å². The zero-order chi connectivity index (χ0) is 26.7. The Morgan fingerprint density at radius 3 is 2.79 bits per heavy atom. The molecule has 3 aromatic rings. The van der Waals surface area contributed by atoms with Gasteiger partial charge in [-0.3, -0.25) is 14.6 Å². The highest BCUT2D eigenvalue weighted by Crippen LogP contribution is 2.38. The van der Waals surface area contributed by atoms with Crippen molar-refractivity contribution in [3.8, 4) is 28.3 Å². The first-order valence-corrected chi connectivity index (χ1v) is 12.9. The van der Waals surface area contributed by atoms with Crippen molar-refractivity contribution in [2.45, 2.75) is 25.7 Å². The SMILES string of the molecule is C.C=CC(=O)Nc1cc(-c2cc(-c3cc4c([nH]3)C3(CCCNC3)CNC4=O)ccn2)ccc1OCCN(C)C. The van der Waals surface area contributed by atoms with E-state index in [1.165, 1.54) is 6.08 Å². The molecule has 1 atom stereocenters. The third-order valence-electron chi connectivity index (χ3n) is 7.24. The number of nitrogens with one attached hydrogen (secondary N) is 4. The lowest BCUT2D eigenvalue weighted by molar-refractivity contribution is -0.111. The van der Waals surface area contributed by atoms with Gasteiger partial charge in [-0.2, -0.15) is 0 Å². The van der Waals surface area contributed by atoms with Crippen molar-refractivity contribution in [2.24, 2.45) is 0 Å². The minimum absolute atomic E-state index is 0. The van der Waals surface area contributed by atoms with Gasteiger partial charge in [0.2, 0.25) is 5.91 Å². The molecule has 1 unspecified atom stereocenters. The van der Waals surface area contributed by atoms with Crippen molar-refractivity contribution in [2.75, 3.05) is 52.2 Å². The fourth-order valence-electron chi connectivity index (χ4n) is 5.16. The number of ether oxygens (including phenoxy) is 1. The Morgan fingerprint density at radius 1 is 1.21 bits per heavy atom. The second-order valence-corrected chi connectivity index (χ2v) is 10.2. The van der Waals surface area contributed by atoms with Crippen LogP contribution in [0.15, 0.2) is 55.3 Å². The maximum Gasteiger partial charge on any atom is 0.253 e. The number of benzene rings is 1. The van der Waals surface area contributed by atoms with E-state index in [0.29, 0.717) is 30.2 Å². The molecule has 4 N–H and O–H groups in total. The maximum absolute atomic E-state index is 12.7. The monoisotopic (exact) mass is 530 g/mol. The average Bonchev–Trinajstić information content (AvgIpc) is 3.40. The molecule has 39 heavy (non-hydrogen) atoms. The smallest absolute Gasteiger partial charge is 0.253 e. The molecule has 1 aromatic carbocycles. The number of carbonyl (C=O) groups excluding carboxylic acids is 2. The van der Waals surface area contributed by atoms with E-state index in [2.05, 4.69) is 32.5 Å². The first kappa shape index (κ1) is 28.1. The molecular formula is C30H38N6O3. The van der Waals surface area contributed by atoms with Crippen molar-refractivity contribution < 1.29 is 14.3 Å². The van der Waals surface area contributed by atoms with E-state index >= 15 is 0 Å². The van der Waals surface area contributed by atoms with E-state index in [4.69, 9.17) is 4.74 Å². The molecule has 206 valence electrons. The normalized spacial score (nSPS) is 18.2. The fourth-order valence-corrected chi connectivity index (χ4v) is 5.16. The summed E-state index contributed by atoms with van der Waals surface area (Å²) in [4.78, 5) is 35.0. The summed E-state index contributed by atoms with van der Waals surface area (Å²) in [6.45, 7) is 7.26. The molecule has 5 rings (SSSR count). The van der Waals surface area contributed by atoms with Crippen molar-refractivity contribution in [1.82, 2.24) is 25.5 Å². The summed E-state index contributed by atoms with van der Waals surface area (Å²) in [5, 5.41) is 9.43. The first-order chi connectivity index (χ1) is 18.4. The zero-order valence-corrected chi connectivity index (χ0v) is 21.9. The topological polar surface area (TPSA) is 111 Å². The number of piperidine rings is 1. The minimum Gasteiger partial charge on any atom is -0.490 e. The lowest BCUT2D eigenvalue weighted by atomic mass is 9.74. The van der Waals surface area contributed by atoms with E-state index in [9.17, 15) is 9.59 Å². The van der Waals surface area contributed by atoms with Gasteiger partial charge in [0.15, 0.2) is 0 Å². The van der Waals surface area contributed by atoms with Crippen LogP contribution in [0.4, 0.5) is 5.69 Å². The summed E-state index contributed by atoms with van der Waals surface area (Å²) < 4.78 is 5.93. The number of aromatic amines is 1. The van der Waals surface area contributed by atoms with Gasteiger partial charge in [-0.1, -0.05) is 14.0 Å². The summed E-state index contributed by atoms with van der Waals surface area (Å²) in [5.41, 5.74) is 5.53. The Bertz CT molecular complexity index is 1360. The van der Waals surface area contributed by atoms with E-state index in [0.717, 1.165) is 60.7 Å². The maximum atomic E-state index is 12.7. The third-order valence-corrected chi connectivity index (χ3v) is 7.24. The van der Waals surface area contributed by atoms with Crippen LogP contribution in [0.3, 0.4) is 0 Å². The molecule has 9 nitrogen and oxygen atoms in total. The summed E-state index contributed by atoms with van der Waals surface area (Å²) >= 11 is 0. The molecule has 2 aromatic heterocycles. The Labute approximate surface area is 230 Å². The number of pyridine rings is 1. The number of hydrogen-bond donors (Lipinski definition) is 4. The van der Waals surface area contributed by atoms with Gasteiger partial charge in [-0.05, 0) is 76.0 Å². The number of amides is 2. The molecule has 2 amide bonds. The Hall–Kier alpha value is -3.95. The van der Waals surface area contributed by atoms with E-state index in [-0.39, 0.29) is 24.7 Å². The van der Waals surface area contributed by atoms with Gasteiger partial charge in [-0.15, -0.1) is 0 Å². The van der Waals surface area contributed by atoms with Crippen LogP contribution in [0.1, 0.15) is 36.3 Å². The van der Waals surface area contributed by atoms with Crippen molar-refractivity contribution in [3.63, 3.8) is 0 Å². The molecular weight excluding hydrogens is 492 g/mol. The number of H-pyrrole nitrogens is 1. The largest absolute Gasteiger partial charge is 0.490 e. The van der Waals surface area contributed by atoms with Gasteiger partial charge in [0.1, 0.15) is 12.4 Å². The van der Waals surface area contributed by atoms with E-state index in [1.54, 1.807) is 6.20 Å². The van der Waals surface area contributed by atoms with Crippen LogP contribution in [0, 0.1) is 0 Å². The second kappa shape index (κ2) is 11.8. The summed E-state index contributed by atoms with van der Waals surface area (Å²) in [6, 6.07) is 11.5. The number of carbonyl (C=O) groups is 2. The number of hydrogen-bond acceptors (Lipinski definition) is 6. The van der Waals surface area contributed by atoms with Gasteiger partial charge in [0.25, 0.3) is 5.91 Å². The molecule has 4 heterocycles. The number of anilines is 1. The molecule has 0 saturated carbocycles. The van der Waals surface area contributed by atoms with E-state index in [1.807, 2.05) is 55.4 Å². The quantitative estimate of drug-likeness (QED) is 0.330. The van der Waals surface area contributed by atoms with Crippen molar-refractivity contribution in [1.29, 1.82) is 0 Å². The molecule has 1 saturated heterocycles. The molecule has 2 aliphatic heterocycles. The van der Waals surface area contributed by atoms with Crippen LogP contribution in [0.5, 0.6) is 5.75 Å². The summed E-state index contributed by atoms with van der Waals surface area (Å²) in [5.74, 6) is 0.222. The third kappa shape index (κ3) is 5.89. The predicted molar refractivity (Wildman–Crippen MR) is 155 cm³/mol. The van der Waals surface area contributed by atoms with Gasteiger partial charge >= 0.3 is 0 Å². The lowest BCUT2D eigenvalue weighted by Crippen LogP contribution is -2.54. The van der Waals surface area contributed by atoms with Crippen LogP contribution in [-0.2, 0) is 10.2 Å². The lowest BCUT2D eigenvalue weighted by Gasteiger charge is -2.40. The van der Waals surface area contributed by atoms with Crippen molar-refractivity contribution >= 4 is 17.5 Å². The molecule has 0 radical (unpaired) electrons. The number of aromatic nitrogens is 2. The van der Waals surface area contributed by atoms with Crippen molar-refractivity contribution in [3.05, 3.63) is 66.5 Å². The van der Waals surface area contributed by atoms with Crippen LogP contribution >= 0.6 is 0 Å². The first-order valence-electron chi connectivity index (χ1n) is 12.9. The van der Waals surface area contributed by atoms with Crippen LogP contribution in [-0.4, -0.2) is 73.6 Å². The second-order valence-electron chi connectivity index (χ2n) is 10.2. The molecule has 2 aliphatic rings. The van der Waals surface area contributed by atoms with Crippen LogP contribution < -0.4 is 20.7 Å². The Balaban J connectivity index is 0.00000353. The molecule has 0 bridgehead atoms. The van der Waals surface area contributed by atoms with E-state index < -0.39 is 0 Å². The number of nitrogens with zero attached hydrogens (tertiary/aromatic N) is 2. The fraction of sp³-hybridized carbons (Fsp3) is 0.367. The van der Waals surface area contributed by atoms with Crippen LogP contribution in [0.2, 0.25) is 0 Å². The zero-order valence-electron chi connectivity index (χ0n) is 21.9. The summed E-state index contributed by atoms with van der Waals surface area (Å²) in [6.07, 6.45) is 5.08. The van der Waals surface area contributed by atoms with Gasteiger partial charge in [0.05, 0.1) is 16.9 Å². The Morgan fingerprint density at radius 2 is 2.05 bits per heavy atom. The minimum atomic E-state index is -0.317. The number of fused-ring (bicyclic) bond motifs is 2. The highest BCUT2D eigenvalue weighted by atomic mass is 16.5. The predicted octanol–water partition coefficient (Wildman–Crippen LogP) is 3.81. The standard InChI is InChI=1S/C29H34N6O3.CH4/c1-4-26(36)33-24-15-19(6-7-25(24)38-13-12-35(2)3)22-14-20(8-11-31-22)23-16-21-27(34-23)29(18-32-28(21)37)9-5-10-30-17-29;/h4,6-8,11,14-16,30,34H,1,5,9-10,12-13,17-18H2,2-3H3,(H,32,37)(H,33,36);1H4. The Kier molecular flexibility index (Phi) is 8.52. The van der Waals surface area contributed by atoms with Gasteiger partial charge < -0.3 is 30.6 Å². The highest BCUT2D eigenvalue weighted by molar-refractivity contribution is 6.00. The van der Waals surface area contributed by atoms with Gasteiger partial charge in [-0.25, -0.2) is 0 Å². The summed E-state index contributed by atoms with van der Waals surface area (Å²) in [7, 11) is 3.95. The molecule has 0 aliphatic carbocycles. The molecule has 9 heteroatoms. The number of likely N-dealkylation sites (N-methyl/N-ethyl adjacent to an activating group) is 1. The molecule has 1 spiro atoms. The number of rotatable bonds is 8. The van der Waals surface area contributed by atoms with Crippen LogP contribution in [0.25, 0.3) is 22.5 Å². The highest BCUT2D eigenvalue weighted by Gasteiger charge is 2.42. The molecule has 1 fully saturated rings.